The summed E-state index contributed by atoms with van der Waals surface area (Å²) in [5, 5.41) is 1.09. The molecule has 17 nitrogen and oxygen atoms in total. The van der Waals surface area contributed by atoms with Crippen molar-refractivity contribution in [1.29, 1.82) is 0 Å². The number of carbonyl (C=O) groups is 2. The van der Waals surface area contributed by atoms with Gasteiger partial charge < -0.3 is 44.5 Å². The quantitative estimate of drug-likeness (QED) is 0.117. The third kappa shape index (κ3) is 9.68. The lowest BCUT2D eigenvalue weighted by atomic mass is 10.1. The van der Waals surface area contributed by atoms with Crippen LogP contribution in [0.15, 0.2) is 30.5 Å². The van der Waals surface area contributed by atoms with E-state index in [4.69, 9.17) is 34.3 Å². The minimum absolute atomic E-state index is 0.00345. The molecule has 0 spiro atoms. The fraction of sp³-hybridized carbons (Fsp3) is 0.517. The van der Waals surface area contributed by atoms with Gasteiger partial charge >= 0.3 is 21.2 Å². The molecule has 0 aliphatic heterocycles. The zero-order valence-corrected chi connectivity index (χ0v) is 29.7. The molecule has 0 saturated heterocycles. The van der Waals surface area contributed by atoms with Crippen molar-refractivity contribution in [2.75, 3.05) is 56.4 Å². The van der Waals surface area contributed by atoms with E-state index in [2.05, 4.69) is 25.3 Å². The van der Waals surface area contributed by atoms with Gasteiger partial charge in [0.05, 0.1) is 51.5 Å². The van der Waals surface area contributed by atoms with Gasteiger partial charge in [-0.3, -0.25) is 13.9 Å². The van der Waals surface area contributed by atoms with Crippen molar-refractivity contribution in [3.05, 3.63) is 41.7 Å². The first kappa shape index (κ1) is 38.7. The minimum Gasteiger partial charge on any atom is -0.464 e. The maximum absolute atomic E-state index is 14.0. The summed E-state index contributed by atoms with van der Waals surface area (Å²) in [7, 11) is -6.60. The molecule has 264 valence electrons. The smallest absolute Gasteiger partial charge is 0.345 e. The van der Waals surface area contributed by atoms with Crippen LogP contribution in [0.1, 0.15) is 57.1 Å². The Morgan fingerprint density at radius 3 is 1.94 bits per heavy atom. The molecule has 0 bridgehead atoms. The summed E-state index contributed by atoms with van der Waals surface area (Å²) in [6, 6.07) is 5.14. The molecular weight excluding hydrogens is 666 g/mol. The van der Waals surface area contributed by atoms with Crippen LogP contribution < -0.4 is 21.7 Å². The highest BCUT2D eigenvalue weighted by atomic mass is 31.2. The number of hydrogen-bond acceptors (Lipinski definition) is 16. The van der Waals surface area contributed by atoms with Crippen LogP contribution in [-0.2, 0) is 43.3 Å². The highest BCUT2D eigenvalue weighted by molar-refractivity contribution is 7.72. The number of ether oxygens (including phenoxy) is 1. The maximum atomic E-state index is 14.0. The van der Waals surface area contributed by atoms with Crippen molar-refractivity contribution < 1.29 is 41.6 Å². The number of hydrogen-bond donors (Lipinski definition) is 3. The summed E-state index contributed by atoms with van der Waals surface area (Å²) in [5.41, 5.74) is 13.7. The van der Waals surface area contributed by atoms with E-state index in [1.807, 2.05) is 11.9 Å². The van der Waals surface area contributed by atoms with Gasteiger partial charge in [-0.1, -0.05) is 0 Å². The van der Waals surface area contributed by atoms with Gasteiger partial charge in [0.25, 0.3) is 5.91 Å². The number of anilines is 3. The number of esters is 1. The lowest BCUT2D eigenvalue weighted by Gasteiger charge is -2.33. The summed E-state index contributed by atoms with van der Waals surface area (Å²) >= 11 is 0. The molecule has 48 heavy (non-hydrogen) atoms. The molecule has 0 saturated carbocycles. The molecule has 3 aromatic rings. The molecule has 1 aromatic carbocycles. The number of rotatable bonds is 19. The van der Waals surface area contributed by atoms with Gasteiger partial charge in [-0.15, -0.1) is 0 Å². The monoisotopic (exact) mass is 710 g/mol. The first-order valence-electron chi connectivity index (χ1n) is 15.4. The van der Waals surface area contributed by atoms with Crippen LogP contribution in [0.25, 0.3) is 11.2 Å². The average molecular weight is 711 g/mol. The van der Waals surface area contributed by atoms with E-state index >= 15 is 0 Å². The van der Waals surface area contributed by atoms with Crippen molar-refractivity contribution >= 4 is 55.7 Å². The molecule has 0 fully saturated rings. The summed E-state index contributed by atoms with van der Waals surface area (Å²) in [4.78, 5) is 45.2. The number of nitrogens with two attached hydrogens (primary N) is 2. The number of aromatic nitrogens is 4. The Balaban J connectivity index is 1.85. The van der Waals surface area contributed by atoms with E-state index in [-0.39, 0.29) is 56.0 Å². The molecule has 1 unspecified atom stereocenters. The van der Waals surface area contributed by atoms with Crippen LogP contribution in [0, 0.1) is 0 Å². The number of benzene rings is 1. The Morgan fingerprint density at radius 1 is 0.854 bits per heavy atom. The van der Waals surface area contributed by atoms with E-state index in [0.717, 1.165) is 5.69 Å². The summed E-state index contributed by atoms with van der Waals surface area (Å²) in [6.07, 6.45) is 1.08. The number of nitrogens with zero attached hydrogens (tertiary/aromatic N) is 5. The van der Waals surface area contributed by atoms with Crippen molar-refractivity contribution in [2.24, 2.45) is 0 Å². The number of nitrogen functional groups attached to an aromatic ring is 2. The van der Waals surface area contributed by atoms with Gasteiger partial charge in [-0.2, -0.15) is 9.97 Å². The van der Waals surface area contributed by atoms with Gasteiger partial charge in [-0.05, 0) is 58.9 Å². The molecule has 0 radical (unpaired) electrons. The first-order valence-corrected chi connectivity index (χ1v) is 18.7. The zero-order valence-electron chi connectivity index (χ0n) is 28.0. The standard InChI is InChI=1S/C29H44N8O9P2/c1-7-42-28(39)22(16-23(47(40,43-8-2)44-9-3)48(41,45-10-4)46-11-5)34-27(38)19-12-14-21(15-13-19)37(6)18-20-17-32-26-24(33-20)25(30)35-29(31)36-26/h12-15,17,22-23H,7-11,16,18H2,1-6H3,(H,34,38)(H4,30,31,32,35,36). The van der Waals surface area contributed by atoms with Gasteiger partial charge in [0, 0.05) is 24.7 Å². The second kappa shape index (κ2) is 17.6. The van der Waals surface area contributed by atoms with E-state index in [0.29, 0.717) is 17.8 Å². The lowest BCUT2D eigenvalue weighted by Crippen LogP contribution is -2.44. The SMILES string of the molecule is CCOC(=O)C(CC(P(=O)(OCC)OCC)P(=O)(OCC)OCC)NC(=O)c1ccc(N(C)Cc2cnc3nc(N)nc(N)c3n2)cc1. The molecule has 1 atom stereocenters. The second-order valence-corrected chi connectivity index (χ2v) is 15.0. The Bertz CT molecular complexity index is 1600. The van der Waals surface area contributed by atoms with E-state index in [1.165, 1.54) is 0 Å². The van der Waals surface area contributed by atoms with Crippen LogP contribution in [0.3, 0.4) is 0 Å². The lowest BCUT2D eigenvalue weighted by molar-refractivity contribution is -0.145. The molecule has 0 aliphatic carbocycles. The molecule has 5 N–H and O–H groups in total. The molecule has 3 rings (SSSR count). The third-order valence-electron chi connectivity index (χ3n) is 6.76. The third-order valence-corrected chi connectivity index (χ3v) is 12.8. The Morgan fingerprint density at radius 2 is 1.42 bits per heavy atom. The van der Waals surface area contributed by atoms with Crippen LogP contribution in [-0.4, -0.2) is 83.3 Å². The Kier molecular flexibility index (Phi) is 14.2. The minimum atomic E-state index is -4.21. The first-order chi connectivity index (χ1) is 22.8. The van der Waals surface area contributed by atoms with Gasteiger partial charge in [0.1, 0.15) is 6.04 Å². The van der Waals surface area contributed by atoms with Crippen molar-refractivity contribution in [2.45, 2.75) is 59.0 Å². The number of amides is 1. The topological polar surface area (TPSA) is 233 Å². The highest BCUT2D eigenvalue weighted by Gasteiger charge is 2.52. The van der Waals surface area contributed by atoms with Crippen molar-refractivity contribution in [3.63, 3.8) is 0 Å². The molecule has 19 heteroatoms. The van der Waals surface area contributed by atoms with Crippen LogP contribution in [0.4, 0.5) is 17.5 Å². The highest BCUT2D eigenvalue weighted by Crippen LogP contribution is 2.71. The average Bonchev–Trinajstić information content (AvgIpc) is 3.03. The van der Waals surface area contributed by atoms with Crippen LogP contribution >= 0.6 is 15.2 Å². The zero-order chi connectivity index (χ0) is 35.5. The van der Waals surface area contributed by atoms with Crippen molar-refractivity contribution in [1.82, 2.24) is 25.3 Å². The van der Waals surface area contributed by atoms with E-state index in [9.17, 15) is 18.7 Å². The molecule has 0 aliphatic rings. The van der Waals surface area contributed by atoms with Gasteiger partial charge in [-0.25, -0.2) is 14.8 Å². The van der Waals surface area contributed by atoms with E-state index < -0.39 is 44.9 Å². The van der Waals surface area contributed by atoms with Crippen LogP contribution in [0.2, 0.25) is 0 Å². The second-order valence-electron chi connectivity index (χ2n) is 10.1. The largest absolute Gasteiger partial charge is 0.464 e. The van der Waals surface area contributed by atoms with Gasteiger partial charge in [0.2, 0.25) is 5.95 Å². The maximum Gasteiger partial charge on any atom is 0.345 e. The number of nitrogens with one attached hydrogen (secondary N) is 1. The predicted octanol–water partition coefficient (Wildman–Crippen LogP) is 4.13. The summed E-state index contributed by atoms with van der Waals surface area (Å²) in [6.45, 7) is 8.12. The molecular formula is C29H44N8O9P2. The van der Waals surface area contributed by atoms with Crippen LogP contribution in [0.5, 0.6) is 0 Å². The molecule has 1 amide bonds. The fourth-order valence-corrected chi connectivity index (χ4v) is 10.1. The summed E-state index contributed by atoms with van der Waals surface area (Å²) < 4.78 is 55.4. The fourth-order valence-electron chi connectivity index (χ4n) is 4.74. The van der Waals surface area contributed by atoms with E-state index in [1.54, 1.807) is 65.1 Å². The summed E-state index contributed by atoms with van der Waals surface area (Å²) in [5.74, 6) is -1.35. The molecule has 2 aromatic heterocycles. The molecule has 2 heterocycles. The Labute approximate surface area is 279 Å². The Hall–Kier alpha value is -3.72. The number of fused-ring (bicyclic) bond motifs is 1. The van der Waals surface area contributed by atoms with Crippen molar-refractivity contribution in [3.8, 4) is 0 Å². The van der Waals surface area contributed by atoms with Gasteiger partial charge in [0.15, 0.2) is 22.4 Å². The predicted molar refractivity (Wildman–Crippen MR) is 181 cm³/mol. The number of carbonyl (C=O) groups excluding carboxylic acids is 2. The normalized spacial score (nSPS) is 12.6.